The van der Waals surface area contributed by atoms with Crippen molar-refractivity contribution in [3.05, 3.63) is 0 Å². The highest BCUT2D eigenvalue weighted by molar-refractivity contribution is 8.11. The van der Waals surface area contributed by atoms with Crippen molar-refractivity contribution in [2.24, 2.45) is 0 Å². The molecule has 0 aromatic heterocycles. The molecule has 0 amide bonds. The van der Waals surface area contributed by atoms with Gasteiger partial charge in [-0.05, 0) is 41.7 Å². The molecule has 0 aromatic rings. The molecule has 0 atom stereocenters. The van der Waals surface area contributed by atoms with Gasteiger partial charge in [0.15, 0.2) is 0 Å². The molecule has 0 fully saturated rings. The quantitative estimate of drug-likeness (QED) is 0.419. The maximum atomic E-state index is 11.5. The van der Waals surface area contributed by atoms with Crippen molar-refractivity contribution in [1.82, 2.24) is 0 Å². The van der Waals surface area contributed by atoms with Crippen LogP contribution in [0, 0.1) is 0 Å². The summed E-state index contributed by atoms with van der Waals surface area (Å²) in [6, 6.07) is 0. The number of rotatable bonds is 7. The van der Waals surface area contributed by atoms with Gasteiger partial charge in [-0.2, -0.15) is 0 Å². The average molecular weight is 184 g/mol. The summed E-state index contributed by atoms with van der Waals surface area (Å²) in [6.45, 7) is -0.433. The van der Waals surface area contributed by atoms with Crippen LogP contribution in [0.25, 0.3) is 0 Å². The summed E-state index contributed by atoms with van der Waals surface area (Å²) < 4.78 is 23.0. The first kappa shape index (κ1) is 10.7. The summed E-state index contributed by atoms with van der Waals surface area (Å²) >= 11 is 0. The predicted molar refractivity (Wildman–Crippen MR) is 44.8 cm³/mol. The molecule has 0 nitrogen and oxygen atoms in total. The van der Waals surface area contributed by atoms with E-state index in [1.807, 2.05) is 0 Å². The van der Waals surface area contributed by atoms with Gasteiger partial charge in [-0.3, -0.25) is 8.78 Å². The zero-order chi connectivity index (χ0) is 7.66. The maximum Gasteiger partial charge on any atom is 0.0898 e. The smallest absolute Gasteiger partial charge is 0.0898 e. The van der Waals surface area contributed by atoms with Crippen LogP contribution in [0.1, 0.15) is 12.8 Å². The van der Waals surface area contributed by atoms with E-state index < -0.39 is 0 Å². The third-order valence-electron chi connectivity index (χ3n) is 0.883. The van der Waals surface area contributed by atoms with E-state index in [0.29, 0.717) is 12.8 Å². The second-order valence-electron chi connectivity index (χ2n) is 1.82. The Morgan fingerprint density at radius 1 is 0.800 bits per heavy atom. The standard InChI is InChI=1S/C6H12F2P2/c7-3-1-5-9-10-6-2-4-8/h1-6H2. The molecule has 60 valence electrons. The Hall–Kier alpha value is 0.720. The molecule has 0 unspecified atom stereocenters. The van der Waals surface area contributed by atoms with Crippen LogP contribution in [0.3, 0.4) is 0 Å². The van der Waals surface area contributed by atoms with Gasteiger partial charge < -0.3 is 0 Å². The van der Waals surface area contributed by atoms with Crippen molar-refractivity contribution < 1.29 is 8.78 Å². The van der Waals surface area contributed by atoms with E-state index in [1.165, 1.54) is 16.5 Å². The Morgan fingerprint density at radius 3 is 1.50 bits per heavy atom. The van der Waals surface area contributed by atoms with Gasteiger partial charge in [-0.1, -0.05) is 0 Å². The zero-order valence-electron chi connectivity index (χ0n) is 5.89. The molecule has 0 aromatic carbocycles. The van der Waals surface area contributed by atoms with E-state index in [2.05, 4.69) is 0 Å². The van der Waals surface area contributed by atoms with Crippen LogP contribution in [0.4, 0.5) is 8.78 Å². The number of alkyl halides is 2. The van der Waals surface area contributed by atoms with Gasteiger partial charge in [-0.15, -0.1) is 0 Å². The van der Waals surface area contributed by atoms with Crippen LogP contribution in [0.15, 0.2) is 0 Å². The number of hydrogen-bond donors (Lipinski definition) is 0. The molecule has 2 radical (unpaired) electrons. The molecule has 0 aliphatic rings. The highest BCUT2D eigenvalue weighted by atomic mass is 32.0. The number of halogens is 2. The minimum Gasteiger partial charge on any atom is -0.251 e. The Balaban J connectivity index is 2.65. The van der Waals surface area contributed by atoms with Crippen molar-refractivity contribution in [2.75, 3.05) is 25.7 Å². The van der Waals surface area contributed by atoms with E-state index in [0.717, 1.165) is 12.3 Å². The van der Waals surface area contributed by atoms with Gasteiger partial charge in [-0.25, -0.2) is 0 Å². The first-order chi connectivity index (χ1) is 4.91. The lowest BCUT2D eigenvalue weighted by molar-refractivity contribution is 0.488. The van der Waals surface area contributed by atoms with Crippen molar-refractivity contribution >= 4 is 16.5 Å². The Kier molecular flexibility index (Phi) is 10.4. The fourth-order valence-electron chi connectivity index (χ4n) is 0.402. The average Bonchev–Trinajstić information content (AvgIpc) is 1.97. The van der Waals surface area contributed by atoms with Crippen molar-refractivity contribution in [1.29, 1.82) is 0 Å². The van der Waals surface area contributed by atoms with E-state index in [9.17, 15) is 8.78 Å². The monoisotopic (exact) mass is 184 g/mol. The Labute approximate surface area is 64.6 Å². The van der Waals surface area contributed by atoms with Gasteiger partial charge in [0, 0.05) is 0 Å². The first-order valence-corrected chi connectivity index (χ1v) is 6.23. The molecule has 0 rings (SSSR count). The number of hydrogen-bond acceptors (Lipinski definition) is 0. The molecule has 4 heteroatoms. The van der Waals surface area contributed by atoms with E-state index in [-0.39, 0.29) is 13.3 Å². The lowest BCUT2D eigenvalue weighted by Crippen LogP contribution is -1.78. The molecule has 0 aliphatic heterocycles. The van der Waals surface area contributed by atoms with Crippen LogP contribution in [0.5, 0.6) is 0 Å². The molecule has 0 bridgehead atoms. The molecule has 10 heavy (non-hydrogen) atoms. The molecule has 0 saturated heterocycles. The van der Waals surface area contributed by atoms with Crippen LogP contribution in [0.2, 0.25) is 0 Å². The third-order valence-corrected chi connectivity index (χ3v) is 3.92. The van der Waals surface area contributed by atoms with Gasteiger partial charge in [0.1, 0.15) is 0 Å². The fourth-order valence-corrected chi connectivity index (χ4v) is 2.90. The Bertz CT molecular complexity index is 53.7. The molecule has 0 heterocycles. The van der Waals surface area contributed by atoms with Gasteiger partial charge in [0.05, 0.1) is 13.3 Å². The molecular weight excluding hydrogens is 172 g/mol. The normalized spacial score (nSPS) is 12.6. The van der Waals surface area contributed by atoms with Crippen LogP contribution in [-0.2, 0) is 0 Å². The van der Waals surface area contributed by atoms with Crippen LogP contribution >= 0.6 is 16.5 Å². The second kappa shape index (κ2) is 9.72. The molecular formula is C6H12F2P2. The lowest BCUT2D eigenvalue weighted by atomic mass is 10.6. The van der Waals surface area contributed by atoms with E-state index in [4.69, 9.17) is 0 Å². The predicted octanol–water partition coefficient (Wildman–Crippen LogP) is 3.51. The Morgan fingerprint density at radius 2 is 1.20 bits per heavy atom. The summed E-state index contributed by atoms with van der Waals surface area (Å²) in [4.78, 5) is 0. The lowest BCUT2D eigenvalue weighted by Gasteiger charge is -1.94. The minimum atomic E-state index is -0.217. The van der Waals surface area contributed by atoms with Gasteiger partial charge in [0.2, 0.25) is 0 Å². The molecule has 0 aliphatic carbocycles. The molecule has 0 saturated carbocycles. The zero-order valence-corrected chi connectivity index (χ0v) is 7.68. The second-order valence-corrected chi connectivity index (χ2v) is 4.97. The SMILES string of the molecule is FCCC[P][P]CCCF. The summed E-state index contributed by atoms with van der Waals surface area (Å²) in [7, 11) is 2.50. The van der Waals surface area contributed by atoms with E-state index >= 15 is 0 Å². The van der Waals surface area contributed by atoms with Gasteiger partial charge >= 0.3 is 0 Å². The summed E-state index contributed by atoms with van der Waals surface area (Å²) in [6.07, 6.45) is 3.16. The third kappa shape index (κ3) is 8.72. The van der Waals surface area contributed by atoms with E-state index in [1.54, 1.807) is 0 Å². The molecule has 0 N–H and O–H groups in total. The highest BCUT2D eigenvalue weighted by Gasteiger charge is 1.90. The summed E-state index contributed by atoms with van der Waals surface area (Å²) in [5.41, 5.74) is 0. The highest BCUT2D eigenvalue weighted by Crippen LogP contribution is 2.37. The first-order valence-electron chi connectivity index (χ1n) is 3.37. The fraction of sp³-hybridized carbons (Fsp3) is 1.00. The summed E-state index contributed by atoms with van der Waals surface area (Å²) in [5.74, 6) is 0. The molecule has 0 spiro atoms. The van der Waals surface area contributed by atoms with Crippen LogP contribution in [-0.4, -0.2) is 25.7 Å². The summed E-state index contributed by atoms with van der Waals surface area (Å²) in [5, 5.41) is 0. The maximum absolute atomic E-state index is 11.5. The van der Waals surface area contributed by atoms with Crippen LogP contribution < -0.4 is 0 Å². The minimum absolute atomic E-state index is 0.217. The van der Waals surface area contributed by atoms with Gasteiger partial charge in [0.25, 0.3) is 0 Å². The van der Waals surface area contributed by atoms with Crippen molar-refractivity contribution in [2.45, 2.75) is 12.8 Å². The topological polar surface area (TPSA) is 0 Å². The van der Waals surface area contributed by atoms with Crippen molar-refractivity contribution in [3.8, 4) is 0 Å². The van der Waals surface area contributed by atoms with Crippen molar-refractivity contribution in [3.63, 3.8) is 0 Å². The largest absolute Gasteiger partial charge is 0.251 e.